The molecule has 6 aromatic rings. The lowest BCUT2D eigenvalue weighted by atomic mass is 9.93. The first-order chi connectivity index (χ1) is 20.8. The number of benzene rings is 5. The summed E-state index contributed by atoms with van der Waals surface area (Å²) in [7, 11) is 4.22. The Balaban J connectivity index is 1.51. The minimum absolute atomic E-state index is 0.260. The van der Waals surface area contributed by atoms with Gasteiger partial charge in [-0.3, -0.25) is 0 Å². The van der Waals surface area contributed by atoms with Gasteiger partial charge in [0.15, 0.2) is 6.10 Å². The molecule has 1 N–H and O–H groups in total. The highest BCUT2D eigenvalue weighted by molar-refractivity contribution is 9.11. The molecule has 0 amide bonds. The molecule has 0 spiro atoms. The van der Waals surface area contributed by atoms with E-state index in [9.17, 15) is 9.90 Å². The van der Waals surface area contributed by atoms with Crippen molar-refractivity contribution in [3.05, 3.63) is 106 Å². The highest BCUT2D eigenvalue weighted by atomic mass is 79.9. The van der Waals surface area contributed by atoms with Crippen molar-refractivity contribution in [1.82, 2.24) is 4.90 Å². The van der Waals surface area contributed by atoms with Gasteiger partial charge >= 0.3 is 5.97 Å². The molecule has 5 aromatic carbocycles. The molecule has 0 aliphatic carbocycles. The van der Waals surface area contributed by atoms with E-state index in [0.717, 1.165) is 29.0 Å². The molecule has 218 valence electrons. The molecule has 0 aliphatic rings. The number of hydrogen-bond acceptors (Lipinski definition) is 5. The van der Waals surface area contributed by atoms with E-state index in [-0.39, 0.29) is 6.42 Å². The van der Waals surface area contributed by atoms with Gasteiger partial charge in [-0.15, -0.1) is 23.1 Å². The number of aliphatic carboxylic acids is 1. The van der Waals surface area contributed by atoms with Crippen LogP contribution in [0.15, 0.2) is 105 Å². The summed E-state index contributed by atoms with van der Waals surface area (Å²) in [6, 6.07) is 30.9. The molecule has 0 fully saturated rings. The molecule has 0 saturated heterocycles. The summed E-state index contributed by atoms with van der Waals surface area (Å²) in [6.07, 6.45) is -0.775. The van der Waals surface area contributed by atoms with Gasteiger partial charge in [0.1, 0.15) is 5.75 Å². The summed E-state index contributed by atoms with van der Waals surface area (Å²) < 4.78 is 10.1. The van der Waals surface area contributed by atoms with E-state index in [2.05, 4.69) is 99.4 Å². The third kappa shape index (κ3) is 6.22. The Morgan fingerprint density at radius 2 is 1.53 bits per heavy atom. The monoisotopic (exact) mass is 733 g/mol. The lowest BCUT2D eigenvalue weighted by molar-refractivity contribution is -0.145. The van der Waals surface area contributed by atoms with Gasteiger partial charge in [-0.05, 0) is 91.6 Å². The zero-order valence-corrected chi connectivity index (χ0v) is 28.4. The number of halogens is 2. The third-order valence-corrected chi connectivity index (χ3v) is 11.0. The average molecular weight is 736 g/mol. The smallest absolute Gasteiger partial charge is 0.345 e. The van der Waals surface area contributed by atoms with Crippen molar-refractivity contribution < 1.29 is 14.6 Å². The maximum atomic E-state index is 12.2. The van der Waals surface area contributed by atoms with Crippen molar-refractivity contribution in [3.63, 3.8) is 0 Å². The van der Waals surface area contributed by atoms with Crippen LogP contribution < -0.4 is 4.74 Å². The zero-order chi connectivity index (χ0) is 30.1. The third-order valence-electron chi connectivity index (χ3n) is 7.36. The van der Waals surface area contributed by atoms with Gasteiger partial charge in [0.05, 0.1) is 13.6 Å². The Hall–Kier alpha value is -2.88. The van der Waals surface area contributed by atoms with E-state index in [4.69, 9.17) is 4.74 Å². The fraction of sp³-hybridized carbons (Fsp3) is 0.171. The lowest BCUT2D eigenvalue weighted by Gasteiger charge is -2.20. The molecule has 0 radical (unpaired) electrons. The topological polar surface area (TPSA) is 49.8 Å². The van der Waals surface area contributed by atoms with Gasteiger partial charge < -0.3 is 14.7 Å². The van der Waals surface area contributed by atoms with E-state index < -0.39 is 12.1 Å². The Morgan fingerprint density at radius 3 is 2.21 bits per heavy atom. The first kappa shape index (κ1) is 30.2. The van der Waals surface area contributed by atoms with Gasteiger partial charge in [0.25, 0.3) is 0 Å². The van der Waals surface area contributed by atoms with Crippen molar-refractivity contribution in [2.24, 2.45) is 0 Å². The van der Waals surface area contributed by atoms with Crippen molar-refractivity contribution in [2.45, 2.75) is 17.4 Å². The van der Waals surface area contributed by atoms with E-state index in [1.807, 2.05) is 65.6 Å². The van der Waals surface area contributed by atoms with Crippen LogP contribution in [0.1, 0.15) is 5.56 Å². The number of carboxylic acids is 1. The zero-order valence-electron chi connectivity index (χ0n) is 23.6. The summed E-state index contributed by atoms with van der Waals surface area (Å²) in [6.45, 7) is 0.996. The number of carbonyl (C=O) groups is 1. The normalized spacial score (nSPS) is 12.4. The van der Waals surface area contributed by atoms with E-state index in [1.54, 1.807) is 0 Å². The fourth-order valence-corrected chi connectivity index (χ4v) is 9.42. The molecular weight excluding hydrogens is 706 g/mol. The molecule has 0 bridgehead atoms. The maximum Gasteiger partial charge on any atom is 0.345 e. The van der Waals surface area contributed by atoms with Crippen molar-refractivity contribution in [3.8, 4) is 16.9 Å². The maximum absolute atomic E-state index is 12.2. The highest BCUT2D eigenvalue weighted by Crippen LogP contribution is 2.51. The quantitative estimate of drug-likeness (QED) is 0.142. The Bertz CT molecular complexity index is 1930. The standard InChI is InChI=1S/C35H29Br2NO3S2/c1-38(2)16-17-42-33-24-13-7-6-12-23(24)30(31-25-14-8-9-15-29(25)43-34(31)33)22-19-26(36)32(27(37)20-22)41-28(35(39)40)18-21-10-4-3-5-11-21/h3-15,19-20,28H,16-18H2,1-2H3,(H,39,40)/t28-/m1/s1. The molecule has 1 aromatic heterocycles. The minimum Gasteiger partial charge on any atom is -0.478 e. The second-order valence-electron chi connectivity index (χ2n) is 10.6. The molecule has 1 heterocycles. The van der Waals surface area contributed by atoms with E-state index >= 15 is 0 Å². The Labute approximate surface area is 275 Å². The number of thioether (sulfide) groups is 1. The predicted molar refractivity (Wildman–Crippen MR) is 189 cm³/mol. The second kappa shape index (κ2) is 13.0. The molecule has 43 heavy (non-hydrogen) atoms. The molecule has 1 atom stereocenters. The largest absolute Gasteiger partial charge is 0.478 e. The van der Waals surface area contributed by atoms with Gasteiger partial charge in [0.2, 0.25) is 0 Å². The van der Waals surface area contributed by atoms with Gasteiger partial charge in [-0.25, -0.2) is 4.79 Å². The summed E-state index contributed by atoms with van der Waals surface area (Å²) in [5, 5.41) is 14.9. The lowest BCUT2D eigenvalue weighted by Crippen LogP contribution is -2.29. The highest BCUT2D eigenvalue weighted by Gasteiger charge is 2.25. The van der Waals surface area contributed by atoms with Crippen LogP contribution in [-0.2, 0) is 11.2 Å². The number of nitrogens with zero attached hydrogens (tertiary/aromatic N) is 1. The van der Waals surface area contributed by atoms with Gasteiger partial charge in [-0.2, -0.15) is 0 Å². The average Bonchev–Trinajstić information content (AvgIpc) is 3.37. The predicted octanol–water partition coefficient (Wildman–Crippen LogP) is 10.1. The summed E-state index contributed by atoms with van der Waals surface area (Å²) >= 11 is 11.2. The Morgan fingerprint density at radius 1 is 0.907 bits per heavy atom. The SMILES string of the molecule is CN(C)CCSc1c2ccccc2c(-c2cc(Br)c(O[C@H](Cc3ccccc3)C(=O)O)c(Br)c2)c2c1sc1ccccc12. The van der Waals surface area contributed by atoms with Crippen LogP contribution in [0.25, 0.3) is 42.1 Å². The van der Waals surface area contributed by atoms with Crippen molar-refractivity contribution in [1.29, 1.82) is 0 Å². The number of fused-ring (bicyclic) bond motifs is 4. The summed E-state index contributed by atoms with van der Waals surface area (Å²) in [4.78, 5) is 15.7. The summed E-state index contributed by atoms with van der Waals surface area (Å²) in [5.41, 5.74) is 3.09. The number of thiophene rings is 1. The molecule has 0 aliphatic heterocycles. The minimum atomic E-state index is -1.03. The first-order valence-electron chi connectivity index (χ1n) is 13.9. The van der Waals surface area contributed by atoms with Crippen LogP contribution in [-0.4, -0.2) is 48.5 Å². The van der Waals surface area contributed by atoms with Gasteiger partial charge in [0, 0.05) is 39.1 Å². The molecule has 0 saturated carbocycles. The van der Waals surface area contributed by atoms with Crippen LogP contribution in [0.4, 0.5) is 0 Å². The van der Waals surface area contributed by atoms with Gasteiger partial charge in [-0.1, -0.05) is 72.8 Å². The molecule has 6 rings (SSSR count). The van der Waals surface area contributed by atoms with Crippen LogP contribution >= 0.6 is 55.0 Å². The van der Waals surface area contributed by atoms with Crippen molar-refractivity contribution in [2.75, 3.05) is 26.4 Å². The fourth-order valence-electron chi connectivity index (χ4n) is 5.35. The first-order valence-corrected chi connectivity index (χ1v) is 17.3. The van der Waals surface area contributed by atoms with Crippen molar-refractivity contribution >= 4 is 91.9 Å². The van der Waals surface area contributed by atoms with Crippen LogP contribution in [0.2, 0.25) is 0 Å². The number of carboxylic acid groups (broad SMARTS) is 1. The number of ether oxygens (including phenoxy) is 1. The Kier molecular flexibility index (Phi) is 9.12. The van der Waals surface area contributed by atoms with Crippen LogP contribution in [0, 0.1) is 0 Å². The van der Waals surface area contributed by atoms with E-state index in [1.165, 1.54) is 35.8 Å². The molecule has 4 nitrogen and oxygen atoms in total. The second-order valence-corrected chi connectivity index (χ2v) is 14.5. The van der Waals surface area contributed by atoms with Crippen LogP contribution in [0.3, 0.4) is 0 Å². The molecule has 8 heteroatoms. The molecular formula is C35H29Br2NO3S2. The molecule has 0 unspecified atom stereocenters. The van der Waals surface area contributed by atoms with E-state index in [0.29, 0.717) is 14.7 Å². The summed E-state index contributed by atoms with van der Waals surface area (Å²) in [5.74, 6) is 0.460. The van der Waals surface area contributed by atoms with Crippen LogP contribution in [0.5, 0.6) is 5.75 Å². The number of rotatable bonds is 10. The number of hydrogen-bond donors (Lipinski definition) is 1.